The molecule has 0 unspecified atom stereocenters. The SMILES string of the molecule is COc1ccccc1N1CC(=O)N(c2ccc(C)cc2)[C@@H](c2ccc(N(C)C)cc2)C1=O. The second-order valence-electron chi connectivity index (χ2n) is 8.08. The van der Waals surface area contributed by atoms with E-state index < -0.39 is 6.04 Å². The van der Waals surface area contributed by atoms with Crippen LogP contribution in [-0.2, 0) is 9.59 Å². The van der Waals surface area contributed by atoms with Crippen LogP contribution in [-0.4, -0.2) is 39.6 Å². The van der Waals surface area contributed by atoms with Crippen molar-refractivity contribution in [1.82, 2.24) is 0 Å². The van der Waals surface area contributed by atoms with E-state index in [0.717, 1.165) is 16.8 Å². The van der Waals surface area contributed by atoms with E-state index in [1.807, 2.05) is 86.6 Å². The molecule has 1 aliphatic rings. The fourth-order valence-corrected chi connectivity index (χ4v) is 3.99. The van der Waals surface area contributed by atoms with Crippen molar-refractivity contribution < 1.29 is 14.3 Å². The molecule has 0 radical (unpaired) electrons. The lowest BCUT2D eigenvalue weighted by Gasteiger charge is -2.40. The van der Waals surface area contributed by atoms with Crippen LogP contribution in [0.5, 0.6) is 5.75 Å². The van der Waals surface area contributed by atoms with Crippen LogP contribution in [0.2, 0.25) is 0 Å². The fraction of sp³-hybridized carbons (Fsp3) is 0.231. The number of piperazine rings is 1. The molecule has 4 rings (SSSR count). The van der Waals surface area contributed by atoms with Crippen molar-refractivity contribution in [2.24, 2.45) is 0 Å². The first-order valence-corrected chi connectivity index (χ1v) is 10.5. The molecule has 6 heteroatoms. The van der Waals surface area contributed by atoms with Gasteiger partial charge in [0.2, 0.25) is 5.91 Å². The van der Waals surface area contributed by atoms with Gasteiger partial charge in [-0.3, -0.25) is 19.4 Å². The van der Waals surface area contributed by atoms with Crippen LogP contribution in [0.25, 0.3) is 0 Å². The third kappa shape index (κ3) is 3.91. The summed E-state index contributed by atoms with van der Waals surface area (Å²) in [6.45, 7) is 1.94. The molecule has 3 aromatic carbocycles. The van der Waals surface area contributed by atoms with E-state index in [4.69, 9.17) is 4.74 Å². The van der Waals surface area contributed by atoms with Crippen molar-refractivity contribution in [2.75, 3.05) is 42.4 Å². The van der Waals surface area contributed by atoms with Crippen molar-refractivity contribution in [3.05, 3.63) is 83.9 Å². The highest BCUT2D eigenvalue weighted by Gasteiger charge is 2.42. The molecule has 0 aliphatic carbocycles. The molecule has 1 aliphatic heterocycles. The predicted molar refractivity (Wildman–Crippen MR) is 128 cm³/mol. The number of para-hydroxylation sites is 2. The van der Waals surface area contributed by atoms with Gasteiger partial charge in [-0.2, -0.15) is 0 Å². The van der Waals surface area contributed by atoms with E-state index in [2.05, 4.69) is 0 Å². The number of carbonyl (C=O) groups is 2. The van der Waals surface area contributed by atoms with Crippen molar-refractivity contribution >= 4 is 28.9 Å². The monoisotopic (exact) mass is 429 g/mol. The second kappa shape index (κ2) is 8.75. The van der Waals surface area contributed by atoms with Gasteiger partial charge >= 0.3 is 0 Å². The Hall–Kier alpha value is -3.80. The number of methoxy groups -OCH3 is 1. The zero-order valence-corrected chi connectivity index (χ0v) is 18.8. The van der Waals surface area contributed by atoms with E-state index in [1.54, 1.807) is 24.1 Å². The Balaban J connectivity index is 1.82. The predicted octanol–water partition coefficient (Wildman–Crippen LogP) is 4.19. The van der Waals surface area contributed by atoms with Gasteiger partial charge in [-0.05, 0) is 48.9 Å². The number of nitrogens with zero attached hydrogens (tertiary/aromatic N) is 3. The molecule has 0 spiro atoms. The Morgan fingerprint density at radius 1 is 0.906 bits per heavy atom. The second-order valence-corrected chi connectivity index (χ2v) is 8.08. The lowest BCUT2D eigenvalue weighted by atomic mass is 9.98. The lowest BCUT2D eigenvalue weighted by Crippen LogP contribution is -2.56. The highest BCUT2D eigenvalue weighted by molar-refractivity contribution is 6.15. The van der Waals surface area contributed by atoms with Crippen molar-refractivity contribution in [3.8, 4) is 5.75 Å². The lowest BCUT2D eigenvalue weighted by molar-refractivity contribution is -0.128. The zero-order chi connectivity index (χ0) is 22.8. The molecule has 0 aromatic heterocycles. The normalized spacial score (nSPS) is 16.3. The molecular formula is C26H27N3O3. The summed E-state index contributed by atoms with van der Waals surface area (Å²) in [6.07, 6.45) is 0. The van der Waals surface area contributed by atoms with Crippen LogP contribution in [0.4, 0.5) is 17.1 Å². The van der Waals surface area contributed by atoms with Gasteiger partial charge in [0, 0.05) is 25.5 Å². The largest absolute Gasteiger partial charge is 0.495 e. The van der Waals surface area contributed by atoms with Gasteiger partial charge < -0.3 is 9.64 Å². The average molecular weight is 430 g/mol. The van der Waals surface area contributed by atoms with E-state index in [9.17, 15) is 9.59 Å². The Labute approximate surface area is 188 Å². The van der Waals surface area contributed by atoms with E-state index in [1.165, 1.54) is 4.90 Å². The number of rotatable bonds is 5. The molecule has 3 aromatic rings. The van der Waals surface area contributed by atoms with Gasteiger partial charge in [-0.15, -0.1) is 0 Å². The molecule has 1 fully saturated rings. The summed E-state index contributed by atoms with van der Waals surface area (Å²) < 4.78 is 5.47. The van der Waals surface area contributed by atoms with Crippen LogP contribution in [0.15, 0.2) is 72.8 Å². The molecule has 6 nitrogen and oxygen atoms in total. The Morgan fingerprint density at radius 2 is 1.56 bits per heavy atom. The Kier molecular flexibility index (Phi) is 5.86. The summed E-state index contributed by atoms with van der Waals surface area (Å²) in [4.78, 5) is 32.5. The Bertz CT molecular complexity index is 1120. The van der Waals surface area contributed by atoms with Crippen molar-refractivity contribution in [1.29, 1.82) is 0 Å². The summed E-state index contributed by atoms with van der Waals surface area (Å²) in [7, 11) is 5.49. The topological polar surface area (TPSA) is 53.1 Å². The third-order valence-corrected chi connectivity index (χ3v) is 5.73. The van der Waals surface area contributed by atoms with Crippen LogP contribution in [0.3, 0.4) is 0 Å². The van der Waals surface area contributed by atoms with Gasteiger partial charge in [0.25, 0.3) is 5.91 Å². The molecule has 0 bridgehead atoms. The van der Waals surface area contributed by atoms with Crippen LogP contribution < -0.4 is 19.4 Å². The molecule has 2 amide bonds. The molecule has 0 N–H and O–H groups in total. The Morgan fingerprint density at radius 3 is 2.19 bits per heavy atom. The molecule has 1 atom stereocenters. The third-order valence-electron chi connectivity index (χ3n) is 5.73. The smallest absolute Gasteiger partial charge is 0.255 e. The molecule has 164 valence electrons. The first-order valence-electron chi connectivity index (χ1n) is 10.5. The quantitative estimate of drug-likeness (QED) is 0.610. The summed E-state index contributed by atoms with van der Waals surface area (Å²) in [5.74, 6) is 0.229. The summed E-state index contributed by atoms with van der Waals surface area (Å²) in [6, 6.07) is 21.9. The fourth-order valence-electron chi connectivity index (χ4n) is 3.99. The van der Waals surface area contributed by atoms with Crippen LogP contribution in [0.1, 0.15) is 17.2 Å². The summed E-state index contributed by atoms with van der Waals surface area (Å²) >= 11 is 0. The van der Waals surface area contributed by atoms with Crippen LogP contribution >= 0.6 is 0 Å². The van der Waals surface area contributed by atoms with Gasteiger partial charge in [-0.25, -0.2) is 0 Å². The number of benzene rings is 3. The first-order chi connectivity index (χ1) is 15.4. The molecule has 32 heavy (non-hydrogen) atoms. The number of anilines is 3. The highest BCUT2D eigenvalue weighted by atomic mass is 16.5. The maximum absolute atomic E-state index is 13.9. The van der Waals surface area contributed by atoms with Crippen molar-refractivity contribution in [2.45, 2.75) is 13.0 Å². The number of amides is 2. The first kappa shape index (κ1) is 21.4. The minimum Gasteiger partial charge on any atom is -0.495 e. The summed E-state index contributed by atoms with van der Waals surface area (Å²) in [5.41, 5.74) is 4.16. The number of hydrogen-bond donors (Lipinski definition) is 0. The molecular weight excluding hydrogens is 402 g/mol. The van der Waals surface area contributed by atoms with Gasteiger partial charge in [0.05, 0.1) is 12.8 Å². The number of hydrogen-bond acceptors (Lipinski definition) is 4. The minimum absolute atomic E-state index is 0.0562. The van der Waals surface area contributed by atoms with Crippen molar-refractivity contribution in [3.63, 3.8) is 0 Å². The highest BCUT2D eigenvalue weighted by Crippen LogP contribution is 2.37. The number of ether oxygens (including phenoxy) is 1. The zero-order valence-electron chi connectivity index (χ0n) is 18.8. The number of aryl methyl sites for hydroxylation is 1. The maximum atomic E-state index is 13.9. The molecule has 1 heterocycles. The van der Waals surface area contributed by atoms with Gasteiger partial charge in [-0.1, -0.05) is 42.0 Å². The molecule has 1 saturated heterocycles. The standard InChI is InChI=1S/C26H27N3O3/c1-18-9-13-21(14-10-18)29-24(30)17-28(22-7-5-6-8-23(22)32-4)26(31)25(29)19-11-15-20(16-12-19)27(2)3/h5-16,25H,17H2,1-4H3/t25-/m0/s1. The maximum Gasteiger partial charge on any atom is 0.255 e. The van der Waals surface area contributed by atoms with E-state index >= 15 is 0 Å². The van der Waals surface area contributed by atoms with Crippen LogP contribution in [0, 0.1) is 6.92 Å². The van der Waals surface area contributed by atoms with Gasteiger partial charge in [0.1, 0.15) is 18.3 Å². The van der Waals surface area contributed by atoms with E-state index in [-0.39, 0.29) is 18.4 Å². The molecule has 0 saturated carbocycles. The summed E-state index contributed by atoms with van der Waals surface area (Å²) in [5, 5.41) is 0. The van der Waals surface area contributed by atoms with E-state index in [0.29, 0.717) is 17.1 Å². The number of carbonyl (C=O) groups excluding carboxylic acids is 2. The minimum atomic E-state index is -0.778. The average Bonchev–Trinajstić information content (AvgIpc) is 2.81. The van der Waals surface area contributed by atoms with Gasteiger partial charge in [0.15, 0.2) is 0 Å².